The van der Waals surface area contributed by atoms with E-state index >= 15 is 0 Å². The number of nitrogens with two attached hydrogens (primary N) is 1. The fourth-order valence-electron chi connectivity index (χ4n) is 4.32. The third-order valence-corrected chi connectivity index (χ3v) is 5.81. The Labute approximate surface area is 163 Å². The highest BCUT2D eigenvalue weighted by Crippen LogP contribution is 2.42. The number of hydrogen-bond donors (Lipinski definition) is 3. The molecule has 7 heteroatoms. The van der Waals surface area contributed by atoms with Crippen LogP contribution in [0.1, 0.15) is 36.3 Å². The monoisotopic (exact) mass is 377 g/mol. The van der Waals surface area contributed by atoms with Crippen LogP contribution in [-0.4, -0.2) is 23.5 Å². The first kappa shape index (κ1) is 18.4. The van der Waals surface area contributed by atoms with E-state index in [1.54, 1.807) is 30.5 Å². The van der Waals surface area contributed by atoms with Crippen LogP contribution in [0.15, 0.2) is 42.7 Å². The zero-order valence-electron chi connectivity index (χ0n) is 15.5. The Morgan fingerprint density at radius 1 is 1.21 bits per heavy atom. The molecule has 2 aromatic rings. The molecule has 144 valence electrons. The Balaban J connectivity index is 1.49. The van der Waals surface area contributed by atoms with Crippen molar-refractivity contribution >= 4 is 5.91 Å². The van der Waals surface area contributed by atoms with Crippen LogP contribution in [-0.2, 0) is 4.79 Å². The van der Waals surface area contributed by atoms with Crippen LogP contribution in [0, 0.1) is 23.2 Å². The molecule has 1 aliphatic carbocycles. The minimum Gasteiger partial charge on any atom is -0.456 e. The number of benzene rings is 1. The summed E-state index contributed by atoms with van der Waals surface area (Å²) in [6, 6.07) is 11.2. The molecule has 1 aliphatic heterocycles. The van der Waals surface area contributed by atoms with Crippen molar-refractivity contribution in [1.82, 2.24) is 15.8 Å². The number of pyridine rings is 1. The van der Waals surface area contributed by atoms with Crippen LogP contribution in [0.4, 0.5) is 0 Å². The molecule has 4 unspecified atom stereocenters. The van der Waals surface area contributed by atoms with Crippen LogP contribution < -0.4 is 21.3 Å². The minimum atomic E-state index is 0.0251. The Bertz CT molecular complexity index is 892. The lowest BCUT2D eigenvalue weighted by molar-refractivity contribution is -0.133. The maximum Gasteiger partial charge on any atom is 0.237 e. The Morgan fingerprint density at radius 3 is 2.79 bits per heavy atom. The summed E-state index contributed by atoms with van der Waals surface area (Å²) in [5, 5.41) is 8.90. The van der Waals surface area contributed by atoms with Gasteiger partial charge in [0.1, 0.15) is 11.5 Å². The topological polar surface area (TPSA) is 113 Å². The lowest BCUT2D eigenvalue weighted by Gasteiger charge is -2.43. The van der Waals surface area contributed by atoms with Crippen LogP contribution >= 0.6 is 0 Å². The van der Waals surface area contributed by atoms with Crippen LogP contribution in [0.5, 0.6) is 11.5 Å². The van der Waals surface area contributed by atoms with Crippen molar-refractivity contribution in [2.24, 2.45) is 17.6 Å². The second kappa shape index (κ2) is 7.97. The third kappa shape index (κ3) is 3.70. The SMILES string of the molecule is N#Cc1ccc(Oc2cncc(C3CCC4C(=O)NNC(CN)C4C3)c2)cc1. The van der Waals surface area contributed by atoms with E-state index in [1.165, 1.54) is 0 Å². The normalized spacial score (nSPS) is 26.6. The first-order valence-corrected chi connectivity index (χ1v) is 9.56. The van der Waals surface area contributed by atoms with Gasteiger partial charge in [-0.2, -0.15) is 5.26 Å². The van der Waals surface area contributed by atoms with E-state index in [0.29, 0.717) is 29.5 Å². The Kier molecular flexibility index (Phi) is 5.24. The molecule has 0 radical (unpaired) electrons. The molecule has 0 spiro atoms. The molecule has 1 amide bonds. The average Bonchev–Trinajstić information content (AvgIpc) is 2.74. The zero-order chi connectivity index (χ0) is 19.5. The third-order valence-electron chi connectivity index (χ3n) is 5.81. The van der Waals surface area contributed by atoms with Gasteiger partial charge in [-0.1, -0.05) is 0 Å². The molecule has 1 saturated carbocycles. The quantitative estimate of drug-likeness (QED) is 0.753. The molecule has 1 saturated heterocycles. The molecule has 1 aromatic carbocycles. The molecule has 28 heavy (non-hydrogen) atoms. The summed E-state index contributed by atoms with van der Waals surface area (Å²) in [6.45, 7) is 0.494. The van der Waals surface area contributed by atoms with Crippen LogP contribution in [0.2, 0.25) is 0 Å². The van der Waals surface area contributed by atoms with Crippen molar-refractivity contribution in [3.8, 4) is 17.6 Å². The van der Waals surface area contributed by atoms with E-state index in [2.05, 4.69) is 21.9 Å². The standard InChI is InChI=1S/C21H23N5O2/c22-9-13-1-4-16(5-2-13)28-17-7-15(11-24-12-17)14-3-6-18-19(8-14)20(10-23)25-26-21(18)27/h1-2,4-5,7,11-12,14,18-20,25H,3,6,8,10,23H2,(H,26,27). The minimum absolute atomic E-state index is 0.0251. The van der Waals surface area contributed by atoms with Crippen molar-refractivity contribution < 1.29 is 9.53 Å². The highest BCUT2D eigenvalue weighted by molar-refractivity contribution is 5.79. The first-order chi connectivity index (χ1) is 13.7. The van der Waals surface area contributed by atoms with E-state index in [1.807, 2.05) is 12.3 Å². The summed E-state index contributed by atoms with van der Waals surface area (Å²) >= 11 is 0. The van der Waals surface area contributed by atoms with Crippen molar-refractivity contribution in [1.29, 1.82) is 5.26 Å². The zero-order valence-corrected chi connectivity index (χ0v) is 15.5. The number of ether oxygens (including phenoxy) is 1. The van der Waals surface area contributed by atoms with Gasteiger partial charge >= 0.3 is 0 Å². The summed E-state index contributed by atoms with van der Waals surface area (Å²) in [7, 11) is 0. The molecule has 0 bridgehead atoms. The Hall–Kier alpha value is -2.95. The van der Waals surface area contributed by atoms with Crippen molar-refractivity contribution in [3.63, 3.8) is 0 Å². The van der Waals surface area contributed by atoms with E-state index in [4.69, 9.17) is 15.7 Å². The fourth-order valence-corrected chi connectivity index (χ4v) is 4.32. The number of carbonyl (C=O) groups excluding carboxylic acids is 1. The van der Waals surface area contributed by atoms with E-state index in [9.17, 15) is 4.79 Å². The van der Waals surface area contributed by atoms with E-state index in [0.717, 1.165) is 24.8 Å². The highest BCUT2D eigenvalue weighted by atomic mass is 16.5. The number of hydrazine groups is 1. The maximum atomic E-state index is 12.2. The second-order valence-corrected chi connectivity index (χ2v) is 7.45. The Morgan fingerprint density at radius 2 is 2.04 bits per heavy atom. The van der Waals surface area contributed by atoms with Crippen LogP contribution in [0.25, 0.3) is 0 Å². The van der Waals surface area contributed by atoms with Crippen LogP contribution in [0.3, 0.4) is 0 Å². The smallest absolute Gasteiger partial charge is 0.237 e. The predicted molar refractivity (Wildman–Crippen MR) is 103 cm³/mol. The van der Waals surface area contributed by atoms with Gasteiger partial charge in [0.2, 0.25) is 5.91 Å². The molecular formula is C21H23N5O2. The largest absolute Gasteiger partial charge is 0.456 e. The number of nitrogens with zero attached hydrogens (tertiary/aromatic N) is 2. The van der Waals surface area contributed by atoms with Gasteiger partial charge in [0.05, 0.1) is 17.8 Å². The van der Waals surface area contributed by atoms with Gasteiger partial charge in [-0.25, -0.2) is 5.43 Å². The van der Waals surface area contributed by atoms with Crippen molar-refractivity contribution in [3.05, 3.63) is 53.9 Å². The maximum absolute atomic E-state index is 12.2. The summed E-state index contributed by atoms with van der Waals surface area (Å²) in [5.41, 5.74) is 13.4. The molecule has 4 rings (SSSR count). The number of nitrogens with one attached hydrogen (secondary N) is 2. The molecule has 4 N–H and O–H groups in total. The summed E-state index contributed by atoms with van der Waals surface area (Å²) in [6.07, 6.45) is 6.25. The molecule has 4 atom stereocenters. The lowest BCUT2D eigenvalue weighted by Crippen LogP contribution is -2.62. The predicted octanol–water partition coefficient (Wildman–Crippen LogP) is 2.21. The molecule has 2 fully saturated rings. The van der Waals surface area contributed by atoms with Gasteiger partial charge in [0.25, 0.3) is 0 Å². The number of hydrogen-bond acceptors (Lipinski definition) is 6. The molecule has 2 aliphatic rings. The number of rotatable bonds is 4. The summed E-state index contributed by atoms with van der Waals surface area (Å²) in [4.78, 5) is 16.5. The van der Waals surface area contributed by atoms with E-state index in [-0.39, 0.29) is 23.8 Å². The molecule has 2 heterocycles. The van der Waals surface area contributed by atoms with E-state index < -0.39 is 0 Å². The fraction of sp³-hybridized carbons (Fsp3) is 0.381. The number of aromatic nitrogens is 1. The first-order valence-electron chi connectivity index (χ1n) is 9.56. The summed E-state index contributed by atoms with van der Waals surface area (Å²) in [5.74, 6) is 1.97. The number of nitriles is 1. The summed E-state index contributed by atoms with van der Waals surface area (Å²) < 4.78 is 5.91. The van der Waals surface area contributed by atoms with Crippen molar-refractivity contribution in [2.75, 3.05) is 6.54 Å². The van der Waals surface area contributed by atoms with Crippen molar-refractivity contribution in [2.45, 2.75) is 31.2 Å². The number of carbonyl (C=O) groups is 1. The molecule has 1 aromatic heterocycles. The highest BCUT2D eigenvalue weighted by Gasteiger charge is 2.42. The lowest BCUT2D eigenvalue weighted by atomic mass is 9.68. The number of amides is 1. The van der Waals surface area contributed by atoms with Gasteiger partial charge in [-0.15, -0.1) is 0 Å². The number of fused-ring (bicyclic) bond motifs is 1. The molecule has 7 nitrogen and oxygen atoms in total. The van der Waals surface area contributed by atoms with Gasteiger partial charge < -0.3 is 10.5 Å². The van der Waals surface area contributed by atoms with Gasteiger partial charge in [0.15, 0.2) is 0 Å². The van der Waals surface area contributed by atoms with Gasteiger partial charge in [0, 0.05) is 24.7 Å². The molecular weight excluding hydrogens is 354 g/mol. The average molecular weight is 377 g/mol. The van der Waals surface area contributed by atoms with Gasteiger partial charge in [-0.05, 0) is 67.0 Å². The van der Waals surface area contributed by atoms with Gasteiger partial charge in [-0.3, -0.25) is 15.2 Å². The second-order valence-electron chi connectivity index (χ2n) is 7.45.